The van der Waals surface area contributed by atoms with Gasteiger partial charge in [0.05, 0.1) is 0 Å². The van der Waals surface area contributed by atoms with Crippen LogP contribution in [-0.2, 0) is 0 Å². The van der Waals surface area contributed by atoms with E-state index >= 15 is 0 Å². The molecule has 0 unspecified atom stereocenters. The molecule has 0 amide bonds. The molecule has 128 valence electrons. The van der Waals surface area contributed by atoms with Crippen molar-refractivity contribution in [2.75, 3.05) is 0 Å². The van der Waals surface area contributed by atoms with Crippen LogP contribution in [0, 0.1) is 0 Å². The second kappa shape index (κ2) is 5.01. The van der Waals surface area contributed by atoms with Crippen molar-refractivity contribution in [3.05, 3.63) is 0 Å². The highest BCUT2D eigenvalue weighted by Gasteiger charge is 2.80. The van der Waals surface area contributed by atoms with Gasteiger partial charge in [-0.25, -0.2) is 0 Å². The highest BCUT2D eigenvalue weighted by molar-refractivity contribution is 7.41. The molecule has 0 aliphatic rings. The predicted molar refractivity (Wildman–Crippen MR) is 42.4 cm³/mol. The van der Waals surface area contributed by atoms with Gasteiger partial charge in [0, 0.05) is 0 Å². The fourth-order valence-electron chi connectivity index (χ4n) is 0.867. The number of halogens is 12. The third kappa shape index (κ3) is 3.47. The molecule has 0 aromatic heterocycles. The molecular formula is C6H3F12O2P. The fraction of sp³-hybridized carbons (Fsp3) is 1.00. The van der Waals surface area contributed by atoms with E-state index in [4.69, 9.17) is 10.2 Å². The minimum Gasteiger partial charge on any atom is -0.370 e. The lowest BCUT2D eigenvalue weighted by Crippen LogP contribution is -2.61. The zero-order valence-corrected chi connectivity index (χ0v) is 9.93. The number of hydrogen-bond donors (Lipinski definition) is 2. The topological polar surface area (TPSA) is 40.5 Å². The van der Waals surface area contributed by atoms with Crippen LogP contribution in [0.25, 0.3) is 0 Å². The van der Waals surface area contributed by atoms with E-state index in [-0.39, 0.29) is 0 Å². The lowest BCUT2D eigenvalue weighted by molar-refractivity contribution is -0.348. The lowest BCUT2D eigenvalue weighted by atomic mass is 10.3. The van der Waals surface area contributed by atoms with Crippen molar-refractivity contribution in [2.45, 2.75) is 35.4 Å². The molecular weight excluding hydrogens is 363 g/mol. The van der Waals surface area contributed by atoms with Crippen molar-refractivity contribution in [3.8, 4) is 0 Å². The Morgan fingerprint density at radius 1 is 0.429 bits per heavy atom. The fourth-order valence-corrected chi connectivity index (χ4v) is 1.96. The Morgan fingerprint density at radius 2 is 0.571 bits per heavy atom. The quantitative estimate of drug-likeness (QED) is 0.582. The van der Waals surface area contributed by atoms with Gasteiger partial charge < -0.3 is 10.2 Å². The van der Waals surface area contributed by atoms with Crippen LogP contribution in [0.3, 0.4) is 0 Å². The molecule has 2 N–H and O–H groups in total. The average Bonchev–Trinajstić information content (AvgIpc) is 2.09. The van der Waals surface area contributed by atoms with E-state index in [1.807, 2.05) is 0 Å². The molecule has 0 rings (SSSR count). The second-order valence-corrected chi connectivity index (χ2v) is 5.23. The molecule has 0 aliphatic heterocycles. The molecule has 21 heavy (non-hydrogen) atoms. The highest BCUT2D eigenvalue weighted by Crippen LogP contribution is 2.64. The van der Waals surface area contributed by atoms with E-state index in [9.17, 15) is 52.7 Å². The van der Waals surface area contributed by atoms with Gasteiger partial charge in [-0.1, -0.05) is 0 Å². The van der Waals surface area contributed by atoms with Crippen LogP contribution in [-0.4, -0.2) is 45.6 Å². The van der Waals surface area contributed by atoms with Crippen molar-refractivity contribution < 1.29 is 62.9 Å². The first-order chi connectivity index (χ1) is 8.71. The maximum atomic E-state index is 12.1. The number of hydrogen-bond acceptors (Lipinski definition) is 2. The molecule has 0 spiro atoms. The van der Waals surface area contributed by atoms with E-state index in [1.54, 1.807) is 0 Å². The maximum absolute atomic E-state index is 12.1. The standard InChI is InChI=1S/C6H3F12O2P/c7-3(8,9)1(19,4(10,11)12)21-2(20,5(13,14)15)6(16,17)18/h19-21H. The number of rotatable bonds is 2. The third-order valence-corrected chi connectivity index (χ3v) is 3.86. The smallest absolute Gasteiger partial charge is 0.370 e. The molecule has 0 bridgehead atoms. The van der Waals surface area contributed by atoms with Crippen molar-refractivity contribution in [1.82, 2.24) is 0 Å². The summed E-state index contributed by atoms with van der Waals surface area (Å²) in [6.45, 7) is 0. The predicted octanol–water partition coefficient (Wildman–Crippen LogP) is 3.29. The monoisotopic (exact) mass is 366 g/mol. The van der Waals surface area contributed by atoms with Gasteiger partial charge in [0.25, 0.3) is 10.7 Å². The zero-order chi connectivity index (χ0) is 17.7. The summed E-state index contributed by atoms with van der Waals surface area (Å²) in [6, 6.07) is 0. The summed E-state index contributed by atoms with van der Waals surface area (Å²) in [5.74, 6) is 0. The van der Waals surface area contributed by atoms with Crippen LogP contribution in [0.4, 0.5) is 52.7 Å². The van der Waals surface area contributed by atoms with E-state index in [1.165, 1.54) is 0 Å². The van der Waals surface area contributed by atoms with E-state index in [0.29, 0.717) is 0 Å². The Labute approximate surface area is 108 Å². The van der Waals surface area contributed by atoms with Gasteiger partial charge in [-0.05, 0) is 8.58 Å². The summed E-state index contributed by atoms with van der Waals surface area (Å²) in [5.41, 5.74) is 0. The molecule has 0 atom stereocenters. The second-order valence-electron chi connectivity index (χ2n) is 3.54. The summed E-state index contributed by atoms with van der Waals surface area (Å²) in [6.07, 6.45) is -27.7. The first-order valence-electron chi connectivity index (χ1n) is 4.22. The maximum Gasteiger partial charge on any atom is 0.430 e. The number of aliphatic hydroxyl groups is 2. The Kier molecular flexibility index (Phi) is 4.90. The van der Waals surface area contributed by atoms with E-state index in [2.05, 4.69) is 0 Å². The molecule has 0 fully saturated rings. The first-order valence-corrected chi connectivity index (χ1v) is 5.22. The van der Waals surface area contributed by atoms with Crippen molar-refractivity contribution in [2.24, 2.45) is 0 Å². The van der Waals surface area contributed by atoms with E-state index in [0.717, 1.165) is 0 Å². The van der Waals surface area contributed by atoms with Crippen LogP contribution in [0.5, 0.6) is 0 Å². The highest BCUT2D eigenvalue weighted by atomic mass is 31.1. The van der Waals surface area contributed by atoms with Gasteiger partial charge in [0.1, 0.15) is 0 Å². The molecule has 0 saturated heterocycles. The molecule has 0 heterocycles. The van der Waals surface area contributed by atoms with Gasteiger partial charge >= 0.3 is 24.7 Å². The molecule has 0 aliphatic carbocycles. The summed E-state index contributed by atoms with van der Waals surface area (Å²) in [4.78, 5) is 0. The molecule has 0 aromatic carbocycles. The normalized spacial score (nSPS) is 16.3. The Balaban J connectivity index is 6.15. The molecule has 0 saturated carbocycles. The molecule has 2 nitrogen and oxygen atoms in total. The first kappa shape index (κ1) is 20.5. The van der Waals surface area contributed by atoms with Gasteiger partial charge in [-0.3, -0.25) is 0 Å². The summed E-state index contributed by atoms with van der Waals surface area (Å²) in [5, 5.41) is 3.92. The Bertz CT molecular complexity index is 311. The molecule has 0 aromatic rings. The van der Waals surface area contributed by atoms with Crippen LogP contribution in [0.1, 0.15) is 0 Å². The van der Waals surface area contributed by atoms with Gasteiger partial charge in [0.15, 0.2) is 0 Å². The van der Waals surface area contributed by atoms with E-state index < -0.39 is 44.0 Å². The minimum atomic E-state index is -6.94. The summed E-state index contributed by atoms with van der Waals surface area (Å²) >= 11 is 0. The molecule has 0 radical (unpaired) electrons. The van der Waals surface area contributed by atoms with Crippen LogP contribution < -0.4 is 0 Å². The van der Waals surface area contributed by atoms with Crippen LogP contribution in [0.2, 0.25) is 0 Å². The van der Waals surface area contributed by atoms with Gasteiger partial charge in [-0.15, -0.1) is 0 Å². The minimum absolute atomic E-state index is 4.46. The summed E-state index contributed by atoms with van der Waals surface area (Å²) in [7, 11) is -4.46. The van der Waals surface area contributed by atoms with Crippen molar-refractivity contribution >= 4 is 8.58 Å². The Hall–Kier alpha value is -0.490. The van der Waals surface area contributed by atoms with Crippen LogP contribution in [0.15, 0.2) is 0 Å². The van der Waals surface area contributed by atoms with Gasteiger partial charge in [-0.2, -0.15) is 52.7 Å². The van der Waals surface area contributed by atoms with Crippen molar-refractivity contribution in [1.29, 1.82) is 0 Å². The van der Waals surface area contributed by atoms with Crippen LogP contribution >= 0.6 is 8.58 Å². The third-order valence-electron chi connectivity index (χ3n) is 2.00. The number of alkyl halides is 12. The Morgan fingerprint density at radius 3 is 0.667 bits per heavy atom. The lowest BCUT2D eigenvalue weighted by Gasteiger charge is -2.40. The largest absolute Gasteiger partial charge is 0.430 e. The SMILES string of the molecule is OC(PC(O)(C(F)(F)F)C(F)(F)F)(C(F)(F)F)C(F)(F)F. The zero-order valence-electron chi connectivity index (χ0n) is 8.93. The van der Waals surface area contributed by atoms with Gasteiger partial charge in [0.2, 0.25) is 0 Å². The molecule has 15 heteroatoms. The van der Waals surface area contributed by atoms with Crippen molar-refractivity contribution in [3.63, 3.8) is 0 Å². The summed E-state index contributed by atoms with van der Waals surface area (Å²) < 4.78 is 145. The average molecular weight is 366 g/mol.